The van der Waals surface area contributed by atoms with Crippen molar-refractivity contribution in [3.63, 3.8) is 0 Å². The predicted octanol–water partition coefficient (Wildman–Crippen LogP) is 3.46. The number of H-pyrrole nitrogens is 1. The van der Waals surface area contributed by atoms with Crippen molar-refractivity contribution in [2.75, 3.05) is 0 Å². The topological polar surface area (TPSA) is 96.1 Å². The maximum absolute atomic E-state index is 12.5. The van der Waals surface area contributed by atoms with Crippen LogP contribution >= 0.6 is 0 Å². The Labute approximate surface area is 173 Å². The summed E-state index contributed by atoms with van der Waals surface area (Å²) in [5.41, 5.74) is 6.53. The van der Waals surface area contributed by atoms with Crippen LogP contribution in [0.4, 0.5) is 0 Å². The van der Waals surface area contributed by atoms with E-state index in [9.17, 15) is 9.59 Å². The minimum Gasteiger partial charge on any atom is -0.481 e. The van der Waals surface area contributed by atoms with Crippen LogP contribution in [0, 0.1) is 0 Å². The number of ether oxygens (including phenoxy) is 1. The molecule has 0 aliphatic carbocycles. The van der Waals surface area contributed by atoms with Crippen molar-refractivity contribution in [1.82, 2.24) is 21.0 Å². The molecule has 3 aromatic carbocycles. The van der Waals surface area contributed by atoms with E-state index in [2.05, 4.69) is 21.0 Å². The first-order chi connectivity index (χ1) is 14.6. The lowest BCUT2D eigenvalue weighted by atomic mass is 10.1. The van der Waals surface area contributed by atoms with E-state index >= 15 is 0 Å². The van der Waals surface area contributed by atoms with E-state index in [0.29, 0.717) is 17.0 Å². The summed E-state index contributed by atoms with van der Waals surface area (Å²) in [6.45, 7) is 1.62. The van der Waals surface area contributed by atoms with Gasteiger partial charge in [0.05, 0.1) is 17.5 Å². The SMILES string of the molecule is CC(Oc1ccc2ccccc2c1)C(=O)NNC(=O)c1cn[nH]c1-c1ccccc1. The maximum Gasteiger partial charge on any atom is 0.279 e. The zero-order valence-corrected chi connectivity index (χ0v) is 16.3. The number of carbonyl (C=O) groups is 2. The van der Waals surface area contributed by atoms with E-state index < -0.39 is 17.9 Å². The minimum absolute atomic E-state index is 0.324. The summed E-state index contributed by atoms with van der Waals surface area (Å²) in [5, 5.41) is 8.86. The molecule has 0 spiro atoms. The molecule has 1 unspecified atom stereocenters. The van der Waals surface area contributed by atoms with Crippen LogP contribution in [0.15, 0.2) is 79.0 Å². The van der Waals surface area contributed by atoms with Crippen LogP contribution in [0.2, 0.25) is 0 Å². The lowest BCUT2D eigenvalue weighted by molar-refractivity contribution is -0.128. The minimum atomic E-state index is -0.801. The Kier molecular flexibility index (Phi) is 5.43. The Morgan fingerprint density at radius 2 is 1.67 bits per heavy atom. The number of nitrogens with one attached hydrogen (secondary N) is 3. The second kappa shape index (κ2) is 8.48. The van der Waals surface area contributed by atoms with Gasteiger partial charge in [-0.2, -0.15) is 5.10 Å². The summed E-state index contributed by atoms with van der Waals surface area (Å²) < 4.78 is 5.72. The van der Waals surface area contributed by atoms with Crippen LogP contribution in [0.3, 0.4) is 0 Å². The van der Waals surface area contributed by atoms with Crippen molar-refractivity contribution in [2.45, 2.75) is 13.0 Å². The molecule has 4 rings (SSSR count). The van der Waals surface area contributed by atoms with Crippen molar-refractivity contribution >= 4 is 22.6 Å². The standard InChI is InChI=1S/C23H20N4O3/c1-15(30-19-12-11-16-7-5-6-10-18(16)13-19)22(28)26-27-23(29)20-14-24-25-21(20)17-8-3-2-4-9-17/h2-15H,1H3,(H,24,25)(H,26,28)(H,27,29). The quantitative estimate of drug-likeness (QED) is 0.447. The first-order valence-corrected chi connectivity index (χ1v) is 9.46. The number of hydrazine groups is 1. The Bertz CT molecular complexity index is 1190. The smallest absolute Gasteiger partial charge is 0.279 e. The largest absolute Gasteiger partial charge is 0.481 e. The van der Waals surface area contributed by atoms with Gasteiger partial charge in [0.25, 0.3) is 11.8 Å². The van der Waals surface area contributed by atoms with E-state index in [4.69, 9.17) is 4.74 Å². The summed E-state index contributed by atoms with van der Waals surface area (Å²) in [6.07, 6.45) is 0.614. The number of rotatable bonds is 5. The molecule has 30 heavy (non-hydrogen) atoms. The highest BCUT2D eigenvalue weighted by Gasteiger charge is 2.19. The monoisotopic (exact) mass is 400 g/mol. The molecule has 7 heteroatoms. The molecular weight excluding hydrogens is 380 g/mol. The summed E-state index contributed by atoms with van der Waals surface area (Å²) >= 11 is 0. The lowest BCUT2D eigenvalue weighted by Crippen LogP contribution is -2.47. The average Bonchev–Trinajstić information content (AvgIpc) is 3.28. The number of aromatic nitrogens is 2. The van der Waals surface area contributed by atoms with E-state index in [1.54, 1.807) is 6.92 Å². The van der Waals surface area contributed by atoms with E-state index in [1.807, 2.05) is 72.8 Å². The van der Waals surface area contributed by atoms with E-state index in [0.717, 1.165) is 16.3 Å². The Morgan fingerprint density at radius 3 is 2.47 bits per heavy atom. The zero-order valence-electron chi connectivity index (χ0n) is 16.3. The second-order valence-corrected chi connectivity index (χ2v) is 6.74. The van der Waals surface area contributed by atoms with Crippen LogP contribution in [0.1, 0.15) is 17.3 Å². The normalized spacial score (nSPS) is 11.6. The third-order valence-corrected chi connectivity index (χ3v) is 4.65. The van der Waals surface area contributed by atoms with Crippen LogP contribution in [0.5, 0.6) is 5.75 Å². The summed E-state index contributed by atoms with van der Waals surface area (Å²) in [7, 11) is 0. The van der Waals surface area contributed by atoms with Gasteiger partial charge in [0.2, 0.25) is 0 Å². The highest BCUT2D eigenvalue weighted by Crippen LogP contribution is 2.22. The first-order valence-electron chi connectivity index (χ1n) is 9.46. The van der Waals surface area contributed by atoms with Crippen molar-refractivity contribution in [3.8, 4) is 17.0 Å². The number of nitrogens with zero attached hydrogens (tertiary/aromatic N) is 1. The molecule has 0 saturated carbocycles. The fourth-order valence-corrected chi connectivity index (χ4v) is 3.07. The molecule has 0 fully saturated rings. The number of hydrogen-bond acceptors (Lipinski definition) is 4. The van der Waals surface area contributed by atoms with Crippen LogP contribution < -0.4 is 15.6 Å². The number of hydrogen-bond donors (Lipinski definition) is 3. The summed E-state index contributed by atoms with van der Waals surface area (Å²) in [5.74, 6) is -0.376. The van der Waals surface area contributed by atoms with E-state index in [1.165, 1.54) is 6.20 Å². The van der Waals surface area contributed by atoms with Gasteiger partial charge in [-0.25, -0.2) is 0 Å². The average molecular weight is 400 g/mol. The van der Waals surface area contributed by atoms with Gasteiger partial charge in [-0.15, -0.1) is 0 Å². The molecule has 1 heterocycles. The summed E-state index contributed by atoms with van der Waals surface area (Å²) in [6, 6.07) is 22.8. The van der Waals surface area contributed by atoms with Crippen molar-refractivity contribution in [2.24, 2.45) is 0 Å². The van der Waals surface area contributed by atoms with Crippen LogP contribution in [-0.2, 0) is 4.79 Å². The van der Waals surface area contributed by atoms with Crippen molar-refractivity contribution in [3.05, 3.63) is 84.6 Å². The number of aromatic amines is 1. The summed E-state index contributed by atoms with van der Waals surface area (Å²) in [4.78, 5) is 24.9. The molecule has 1 atom stereocenters. The maximum atomic E-state index is 12.5. The zero-order chi connectivity index (χ0) is 20.9. The van der Waals surface area contributed by atoms with Crippen LogP contribution in [0.25, 0.3) is 22.0 Å². The molecular formula is C23H20N4O3. The van der Waals surface area contributed by atoms with Crippen LogP contribution in [-0.4, -0.2) is 28.1 Å². The molecule has 3 N–H and O–H groups in total. The Morgan fingerprint density at radius 1 is 0.933 bits per heavy atom. The van der Waals surface area contributed by atoms with Gasteiger partial charge in [0, 0.05) is 5.56 Å². The fourth-order valence-electron chi connectivity index (χ4n) is 3.07. The molecule has 0 aliphatic heterocycles. The van der Waals surface area contributed by atoms with Gasteiger partial charge in [-0.05, 0) is 29.8 Å². The predicted molar refractivity (Wildman–Crippen MR) is 114 cm³/mol. The van der Waals surface area contributed by atoms with Crippen molar-refractivity contribution in [1.29, 1.82) is 0 Å². The van der Waals surface area contributed by atoms with Gasteiger partial charge >= 0.3 is 0 Å². The Balaban J connectivity index is 1.37. The highest BCUT2D eigenvalue weighted by molar-refractivity contribution is 6.00. The molecule has 2 amide bonds. The van der Waals surface area contributed by atoms with Gasteiger partial charge in [0.15, 0.2) is 6.10 Å². The molecule has 0 aliphatic rings. The molecule has 0 saturated heterocycles. The third-order valence-electron chi connectivity index (χ3n) is 4.65. The molecule has 1 aromatic heterocycles. The second-order valence-electron chi connectivity index (χ2n) is 6.74. The fraction of sp³-hybridized carbons (Fsp3) is 0.0870. The Hall–Kier alpha value is -4.13. The van der Waals surface area contributed by atoms with Gasteiger partial charge in [0.1, 0.15) is 5.75 Å². The van der Waals surface area contributed by atoms with E-state index in [-0.39, 0.29) is 0 Å². The number of fused-ring (bicyclic) bond motifs is 1. The first kappa shape index (κ1) is 19.2. The number of benzene rings is 3. The van der Waals surface area contributed by atoms with Gasteiger partial charge in [-0.3, -0.25) is 25.5 Å². The molecule has 0 radical (unpaired) electrons. The molecule has 7 nitrogen and oxygen atoms in total. The molecule has 150 valence electrons. The lowest BCUT2D eigenvalue weighted by Gasteiger charge is -2.15. The van der Waals surface area contributed by atoms with Gasteiger partial charge < -0.3 is 4.74 Å². The van der Waals surface area contributed by atoms with Crippen molar-refractivity contribution < 1.29 is 14.3 Å². The molecule has 0 bridgehead atoms. The third kappa shape index (κ3) is 4.15. The molecule has 4 aromatic rings. The number of amides is 2. The van der Waals surface area contributed by atoms with Gasteiger partial charge in [-0.1, -0.05) is 60.7 Å². The number of carbonyl (C=O) groups excluding carboxylic acids is 2. The highest BCUT2D eigenvalue weighted by atomic mass is 16.5.